The maximum Gasteiger partial charge on any atom is 0.399 e. The number of alkyl halides is 3. The Labute approximate surface area is 67.9 Å². The Hall–Kier alpha value is -0.380. The molecule has 0 aromatic carbocycles. The minimum Gasteiger partial charge on any atom is -0.347 e. The van der Waals surface area contributed by atoms with Crippen LogP contribution in [0, 0.1) is 5.92 Å². The molecule has 1 aliphatic rings. The first-order valence-electron chi connectivity index (χ1n) is 3.29. The van der Waals surface area contributed by atoms with Gasteiger partial charge in [-0.25, -0.2) is 0 Å². The van der Waals surface area contributed by atoms with Gasteiger partial charge in [0.05, 0.1) is 0 Å². The summed E-state index contributed by atoms with van der Waals surface area (Å²) < 4.78 is 24.0. The Balaban J connectivity index is 2.33. The van der Waals surface area contributed by atoms with Crippen LogP contribution in [0.3, 0.4) is 0 Å². The van der Waals surface area contributed by atoms with Crippen LogP contribution in [0.2, 0.25) is 0 Å². The third-order valence-electron chi connectivity index (χ3n) is 1.68. The lowest BCUT2D eigenvalue weighted by Gasteiger charge is -2.07. The van der Waals surface area contributed by atoms with Gasteiger partial charge in [-0.05, 0) is 23.9 Å². The molecule has 1 amide bonds. The molecule has 0 aliphatic heterocycles. The van der Waals surface area contributed by atoms with E-state index in [2.05, 4.69) is 16.9 Å². The van der Waals surface area contributed by atoms with Gasteiger partial charge in [-0.1, -0.05) is 6.92 Å². The van der Waals surface area contributed by atoms with Gasteiger partial charge in [0.2, 0.25) is 0 Å². The van der Waals surface area contributed by atoms with Crippen LogP contribution >= 0.6 is 11.6 Å². The van der Waals surface area contributed by atoms with Gasteiger partial charge >= 0.3 is 11.3 Å². The summed E-state index contributed by atoms with van der Waals surface area (Å²) in [6.07, 6.45) is 0.763. The Bertz CT molecular complexity index is 180. The maximum absolute atomic E-state index is 12.0. The van der Waals surface area contributed by atoms with Crippen molar-refractivity contribution in [1.29, 1.82) is 0 Å². The first kappa shape index (κ1) is 8.71. The molecule has 0 saturated heterocycles. The van der Waals surface area contributed by atoms with Crippen LogP contribution in [0.15, 0.2) is 0 Å². The minimum atomic E-state index is -3.76. The van der Waals surface area contributed by atoms with Crippen molar-refractivity contribution in [2.75, 3.05) is 0 Å². The molecule has 1 aliphatic carbocycles. The highest BCUT2D eigenvalue weighted by Gasteiger charge is 2.42. The molecular weight excluding hydrogens is 176 g/mol. The van der Waals surface area contributed by atoms with Crippen LogP contribution in [0.4, 0.5) is 8.78 Å². The van der Waals surface area contributed by atoms with Crippen LogP contribution in [-0.2, 0) is 4.79 Å². The normalized spacial score (nSPS) is 29.8. The molecule has 0 heterocycles. The quantitative estimate of drug-likeness (QED) is 0.644. The molecule has 0 aromatic rings. The number of hydrogen-bond acceptors (Lipinski definition) is 1. The molecule has 0 spiro atoms. The van der Waals surface area contributed by atoms with Gasteiger partial charge in [0, 0.05) is 6.04 Å². The molecule has 1 fully saturated rings. The van der Waals surface area contributed by atoms with Gasteiger partial charge < -0.3 is 5.32 Å². The summed E-state index contributed by atoms with van der Waals surface area (Å²) in [5.74, 6) is -1.09. The molecule has 0 aromatic heterocycles. The predicted octanol–water partition coefficient (Wildman–Crippen LogP) is 1.34. The second-order valence-corrected chi connectivity index (χ2v) is 3.27. The van der Waals surface area contributed by atoms with E-state index in [0.717, 1.165) is 6.42 Å². The fourth-order valence-electron chi connectivity index (χ4n) is 0.773. The lowest BCUT2D eigenvalue weighted by Crippen LogP contribution is -2.37. The zero-order chi connectivity index (χ0) is 8.65. The van der Waals surface area contributed by atoms with E-state index in [9.17, 15) is 13.6 Å². The van der Waals surface area contributed by atoms with Crippen LogP contribution in [0.5, 0.6) is 0 Å². The summed E-state index contributed by atoms with van der Waals surface area (Å²) in [5, 5.41) is -1.64. The fourth-order valence-corrected chi connectivity index (χ4v) is 0.828. The predicted molar refractivity (Wildman–Crippen MR) is 36.5 cm³/mol. The SMILES string of the molecule is C[C@@H]1C[C@H]1NC(=O)C(F)(F)Cl. The van der Waals surface area contributed by atoms with E-state index in [1.807, 2.05) is 6.92 Å². The molecule has 0 bridgehead atoms. The van der Waals surface area contributed by atoms with E-state index in [4.69, 9.17) is 0 Å². The van der Waals surface area contributed by atoms with Crippen molar-refractivity contribution in [3.63, 3.8) is 0 Å². The number of carbonyl (C=O) groups is 1. The molecular formula is C6H8ClF2NO. The summed E-state index contributed by atoms with van der Waals surface area (Å²) in [6.45, 7) is 1.87. The van der Waals surface area contributed by atoms with Crippen LogP contribution in [0.1, 0.15) is 13.3 Å². The number of nitrogens with one attached hydrogen (secondary N) is 1. The van der Waals surface area contributed by atoms with Gasteiger partial charge in [-0.3, -0.25) is 4.79 Å². The monoisotopic (exact) mass is 183 g/mol. The third kappa shape index (κ3) is 2.29. The Morgan fingerprint density at radius 1 is 1.73 bits per heavy atom. The van der Waals surface area contributed by atoms with Crippen molar-refractivity contribution >= 4 is 17.5 Å². The molecule has 2 atom stereocenters. The lowest BCUT2D eigenvalue weighted by atomic mass is 10.4. The lowest BCUT2D eigenvalue weighted by molar-refractivity contribution is -0.135. The van der Waals surface area contributed by atoms with Crippen LogP contribution in [-0.4, -0.2) is 17.3 Å². The maximum atomic E-state index is 12.0. The van der Waals surface area contributed by atoms with Gasteiger partial charge in [-0.2, -0.15) is 8.78 Å². The molecule has 1 N–H and O–H groups in total. The van der Waals surface area contributed by atoms with Crippen molar-refractivity contribution in [1.82, 2.24) is 5.32 Å². The second-order valence-electron chi connectivity index (χ2n) is 2.79. The Morgan fingerprint density at radius 3 is 2.45 bits per heavy atom. The zero-order valence-corrected chi connectivity index (χ0v) is 6.66. The summed E-state index contributed by atoms with van der Waals surface area (Å²) in [7, 11) is 0. The van der Waals surface area contributed by atoms with Crippen LogP contribution in [0.25, 0.3) is 0 Å². The highest BCUT2D eigenvalue weighted by Crippen LogP contribution is 2.30. The van der Waals surface area contributed by atoms with Crippen molar-refractivity contribution in [2.24, 2.45) is 5.92 Å². The molecule has 2 nitrogen and oxygen atoms in total. The van der Waals surface area contributed by atoms with E-state index in [1.165, 1.54) is 0 Å². The highest BCUT2D eigenvalue weighted by molar-refractivity contribution is 6.32. The first-order chi connectivity index (χ1) is 4.91. The summed E-state index contributed by atoms with van der Waals surface area (Å²) in [5.41, 5.74) is 0. The third-order valence-corrected chi connectivity index (χ3v) is 1.86. The molecule has 5 heteroatoms. The largest absolute Gasteiger partial charge is 0.399 e. The second kappa shape index (κ2) is 2.59. The van der Waals surface area contributed by atoms with E-state index >= 15 is 0 Å². The van der Waals surface area contributed by atoms with Gasteiger partial charge in [-0.15, -0.1) is 0 Å². The highest BCUT2D eigenvalue weighted by atomic mass is 35.5. The van der Waals surface area contributed by atoms with Gasteiger partial charge in [0.25, 0.3) is 0 Å². The van der Waals surface area contributed by atoms with E-state index in [1.54, 1.807) is 0 Å². The van der Waals surface area contributed by atoms with Gasteiger partial charge in [0.1, 0.15) is 0 Å². The molecule has 1 rings (SSSR count). The summed E-state index contributed by atoms with van der Waals surface area (Å²) in [4.78, 5) is 10.5. The number of amides is 1. The number of carbonyl (C=O) groups excluding carboxylic acids is 1. The zero-order valence-electron chi connectivity index (χ0n) is 5.90. The Morgan fingerprint density at radius 2 is 2.18 bits per heavy atom. The van der Waals surface area contributed by atoms with Crippen molar-refractivity contribution in [2.45, 2.75) is 24.8 Å². The van der Waals surface area contributed by atoms with E-state index in [-0.39, 0.29) is 6.04 Å². The summed E-state index contributed by atoms with van der Waals surface area (Å²) in [6, 6.07) is -0.105. The number of rotatable bonds is 2. The average molecular weight is 184 g/mol. The molecule has 0 radical (unpaired) electrons. The molecule has 1 saturated carbocycles. The van der Waals surface area contributed by atoms with E-state index in [0.29, 0.717) is 5.92 Å². The van der Waals surface area contributed by atoms with Crippen molar-refractivity contribution in [3.8, 4) is 0 Å². The topological polar surface area (TPSA) is 29.1 Å². The minimum absolute atomic E-state index is 0.105. The number of halogens is 3. The van der Waals surface area contributed by atoms with E-state index < -0.39 is 11.3 Å². The average Bonchev–Trinajstić information content (AvgIpc) is 2.44. The van der Waals surface area contributed by atoms with Gasteiger partial charge in [0.15, 0.2) is 0 Å². The van der Waals surface area contributed by atoms with Crippen LogP contribution < -0.4 is 5.32 Å². The molecule has 11 heavy (non-hydrogen) atoms. The first-order valence-corrected chi connectivity index (χ1v) is 3.66. The smallest absolute Gasteiger partial charge is 0.347 e. The molecule has 64 valence electrons. The fraction of sp³-hybridized carbons (Fsp3) is 0.833. The number of hydrogen-bond donors (Lipinski definition) is 1. The molecule has 0 unspecified atom stereocenters. The van der Waals surface area contributed by atoms with Crippen molar-refractivity contribution < 1.29 is 13.6 Å². The standard InChI is InChI=1S/C6H8ClF2NO/c1-3-2-4(3)10-5(11)6(7,8)9/h3-4H,2H2,1H3,(H,10,11)/t3-,4-/m1/s1. The summed E-state index contributed by atoms with van der Waals surface area (Å²) >= 11 is 4.46. The Kier molecular flexibility index (Phi) is 2.05. The van der Waals surface area contributed by atoms with Crippen molar-refractivity contribution in [3.05, 3.63) is 0 Å².